The Morgan fingerprint density at radius 3 is 2.75 bits per heavy atom. The second kappa shape index (κ2) is 6.49. The van der Waals surface area contributed by atoms with E-state index < -0.39 is 17.3 Å². The number of rotatable bonds is 4. The minimum atomic E-state index is -0.649. The Morgan fingerprint density at radius 2 is 2.04 bits per heavy atom. The van der Waals surface area contributed by atoms with Gasteiger partial charge in [-0.05, 0) is 23.8 Å². The van der Waals surface area contributed by atoms with Crippen LogP contribution in [0.5, 0.6) is 5.75 Å². The number of hydrogen-bond acceptors (Lipinski definition) is 4. The van der Waals surface area contributed by atoms with Crippen molar-refractivity contribution in [2.75, 3.05) is 12.4 Å². The Kier molecular flexibility index (Phi) is 4.24. The van der Waals surface area contributed by atoms with Gasteiger partial charge in [-0.1, -0.05) is 12.1 Å². The molecule has 1 aromatic heterocycles. The number of nitrogens with zero attached hydrogens (tertiary/aromatic N) is 1. The molecule has 0 spiro atoms. The van der Waals surface area contributed by atoms with Crippen molar-refractivity contribution in [2.45, 2.75) is 6.42 Å². The number of halogens is 1. The Balaban J connectivity index is 1.80. The van der Waals surface area contributed by atoms with Crippen LogP contribution in [0, 0.1) is 5.82 Å². The number of ether oxygens (including phenoxy) is 1. The molecule has 0 aliphatic heterocycles. The molecule has 3 aromatic rings. The first-order valence-corrected chi connectivity index (χ1v) is 7.16. The molecule has 0 unspecified atom stereocenters. The average molecular weight is 327 g/mol. The molecule has 0 saturated heterocycles. The Morgan fingerprint density at radius 1 is 1.29 bits per heavy atom. The van der Waals surface area contributed by atoms with Crippen molar-refractivity contribution in [3.63, 3.8) is 0 Å². The van der Waals surface area contributed by atoms with Crippen molar-refractivity contribution in [1.82, 2.24) is 9.97 Å². The van der Waals surface area contributed by atoms with Gasteiger partial charge in [-0.15, -0.1) is 0 Å². The van der Waals surface area contributed by atoms with E-state index in [1.54, 1.807) is 31.4 Å². The largest absolute Gasteiger partial charge is 0.497 e. The summed E-state index contributed by atoms with van der Waals surface area (Å²) in [6.07, 6.45) is 1.27. The van der Waals surface area contributed by atoms with E-state index in [0.29, 0.717) is 5.75 Å². The Hall–Kier alpha value is -3.22. The summed E-state index contributed by atoms with van der Waals surface area (Å²) < 4.78 is 19.1. The van der Waals surface area contributed by atoms with Crippen molar-refractivity contribution in [3.05, 3.63) is 64.5 Å². The van der Waals surface area contributed by atoms with Crippen molar-refractivity contribution in [3.8, 4) is 5.75 Å². The molecule has 7 heteroatoms. The molecule has 2 N–H and O–H groups in total. The number of aromatic nitrogens is 2. The number of nitrogens with one attached hydrogen (secondary N) is 2. The van der Waals surface area contributed by atoms with Crippen LogP contribution in [0.1, 0.15) is 5.56 Å². The SMILES string of the molecule is COc1ccc(CC(=O)Nc2cc3c(=O)[nH]cnc3cc2F)cc1. The maximum atomic E-state index is 14.1. The van der Waals surface area contributed by atoms with Crippen LogP contribution in [0.4, 0.5) is 10.1 Å². The van der Waals surface area contributed by atoms with Gasteiger partial charge in [0.2, 0.25) is 5.91 Å². The third kappa shape index (κ3) is 3.24. The zero-order valence-electron chi connectivity index (χ0n) is 12.8. The van der Waals surface area contributed by atoms with Crippen LogP contribution < -0.4 is 15.6 Å². The lowest BCUT2D eigenvalue weighted by Crippen LogP contribution is -2.16. The molecular formula is C17H14FN3O3. The molecule has 0 saturated carbocycles. The summed E-state index contributed by atoms with van der Waals surface area (Å²) >= 11 is 0. The molecule has 0 fully saturated rings. The predicted octanol–water partition coefficient (Wildman–Crippen LogP) is 2.25. The van der Waals surface area contributed by atoms with Crippen LogP contribution in [-0.2, 0) is 11.2 Å². The number of amides is 1. The molecule has 0 radical (unpaired) electrons. The van der Waals surface area contributed by atoms with Crippen LogP contribution >= 0.6 is 0 Å². The second-order valence-electron chi connectivity index (χ2n) is 5.15. The fourth-order valence-electron chi connectivity index (χ4n) is 2.31. The predicted molar refractivity (Wildman–Crippen MR) is 87.6 cm³/mol. The van der Waals surface area contributed by atoms with Gasteiger partial charge in [-0.25, -0.2) is 9.37 Å². The van der Waals surface area contributed by atoms with E-state index in [1.807, 2.05) is 0 Å². The fourth-order valence-corrected chi connectivity index (χ4v) is 2.31. The van der Waals surface area contributed by atoms with Gasteiger partial charge in [0, 0.05) is 6.07 Å². The van der Waals surface area contributed by atoms with Crippen molar-refractivity contribution in [1.29, 1.82) is 0 Å². The second-order valence-corrected chi connectivity index (χ2v) is 5.15. The lowest BCUT2D eigenvalue weighted by Gasteiger charge is -2.08. The zero-order chi connectivity index (χ0) is 17.1. The minimum Gasteiger partial charge on any atom is -0.497 e. The molecular weight excluding hydrogens is 313 g/mol. The average Bonchev–Trinajstić information content (AvgIpc) is 2.57. The van der Waals surface area contributed by atoms with E-state index in [-0.39, 0.29) is 23.0 Å². The first-order chi connectivity index (χ1) is 11.6. The third-order valence-electron chi connectivity index (χ3n) is 3.53. The number of carbonyl (C=O) groups is 1. The molecule has 0 atom stereocenters. The van der Waals surface area contributed by atoms with E-state index in [1.165, 1.54) is 12.4 Å². The van der Waals surface area contributed by atoms with Crippen LogP contribution in [0.25, 0.3) is 10.9 Å². The van der Waals surface area contributed by atoms with Gasteiger partial charge in [0.1, 0.15) is 11.6 Å². The molecule has 0 aliphatic rings. The van der Waals surface area contributed by atoms with Gasteiger partial charge in [0.15, 0.2) is 0 Å². The number of benzene rings is 2. The quantitative estimate of drug-likeness (QED) is 0.770. The molecule has 6 nitrogen and oxygen atoms in total. The van der Waals surface area contributed by atoms with Crippen LogP contribution in [0.15, 0.2) is 47.5 Å². The summed E-state index contributed by atoms with van der Waals surface area (Å²) in [7, 11) is 1.56. The number of H-pyrrole nitrogens is 1. The fraction of sp³-hybridized carbons (Fsp3) is 0.118. The molecule has 0 aliphatic carbocycles. The smallest absolute Gasteiger partial charge is 0.258 e. The summed E-state index contributed by atoms with van der Waals surface area (Å²) in [5, 5.41) is 2.69. The maximum Gasteiger partial charge on any atom is 0.258 e. The summed E-state index contributed by atoms with van der Waals surface area (Å²) in [6, 6.07) is 9.39. The van der Waals surface area contributed by atoms with Crippen molar-refractivity contribution >= 4 is 22.5 Å². The molecule has 2 aromatic carbocycles. The van der Waals surface area contributed by atoms with Crippen LogP contribution in [-0.4, -0.2) is 23.0 Å². The Labute approximate surface area is 136 Å². The van der Waals surface area contributed by atoms with Gasteiger partial charge in [0.05, 0.1) is 36.4 Å². The maximum absolute atomic E-state index is 14.1. The lowest BCUT2D eigenvalue weighted by atomic mass is 10.1. The summed E-state index contributed by atoms with van der Waals surface area (Å²) in [5.41, 5.74) is 0.531. The van der Waals surface area contributed by atoms with E-state index in [2.05, 4.69) is 15.3 Å². The summed E-state index contributed by atoms with van der Waals surface area (Å²) in [6.45, 7) is 0. The number of fused-ring (bicyclic) bond motifs is 1. The lowest BCUT2D eigenvalue weighted by molar-refractivity contribution is -0.115. The zero-order valence-corrected chi connectivity index (χ0v) is 12.8. The van der Waals surface area contributed by atoms with Gasteiger partial charge < -0.3 is 15.0 Å². The first kappa shape index (κ1) is 15.7. The van der Waals surface area contributed by atoms with Crippen LogP contribution in [0.3, 0.4) is 0 Å². The summed E-state index contributed by atoms with van der Waals surface area (Å²) in [5.74, 6) is -0.353. The van der Waals surface area contributed by atoms with E-state index >= 15 is 0 Å². The first-order valence-electron chi connectivity index (χ1n) is 7.16. The number of anilines is 1. The molecule has 1 amide bonds. The number of hydrogen-bond donors (Lipinski definition) is 2. The van der Waals surface area contributed by atoms with E-state index in [0.717, 1.165) is 11.6 Å². The van der Waals surface area contributed by atoms with Crippen molar-refractivity contribution in [2.24, 2.45) is 0 Å². The summed E-state index contributed by atoms with van der Waals surface area (Å²) in [4.78, 5) is 30.1. The number of carbonyl (C=O) groups excluding carboxylic acids is 1. The molecule has 122 valence electrons. The molecule has 0 bridgehead atoms. The Bertz CT molecular complexity index is 951. The molecule has 24 heavy (non-hydrogen) atoms. The van der Waals surface area contributed by atoms with Gasteiger partial charge in [-0.2, -0.15) is 0 Å². The highest BCUT2D eigenvalue weighted by molar-refractivity contribution is 5.94. The minimum absolute atomic E-state index is 0.0560. The van der Waals surface area contributed by atoms with E-state index in [9.17, 15) is 14.0 Å². The normalized spacial score (nSPS) is 10.6. The highest BCUT2D eigenvalue weighted by Crippen LogP contribution is 2.19. The van der Waals surface area contributed by atoms with Crippen molar-refractivity contribution < 1.29 is 13.9 Å². The highest BCUT2D eigenvalue weighted by atomic mass is 19.1. The van der Waals surface area contributed by atoms with E-state index in [4.69, 9.17) is 4.74 Å². The molecule has 3 rings (SSSR count). The van der Waals surface area contributed by atoms with Gasteiger partial charge in [-0.3, -0.25) is 9.59 Å². The highest BCUT2D eigenvalue weighted by Gasteiger charge is 2.11. The van der Waals surface area contributed by atoms with Crippen LogP contribution in [0.2, 0.25) is 0 Å². The van der Waals surface area contributed by atoms with Gasteiger partial charge in [0.25, 0.3) is 5.56 Å². The molecule has 1 heterocycles. The standard InChI is InChI=1S/C17H14FN3O3/c1-24-11-4-2-10(3-5-11)6-16(22)21-15-7-12-14(8-13(15)18)19-9-20-17(12)23/h2-5,7-9H,6H2,1H3,(H,21,22)(H,19,20,23). The third-order valence-corrected chi connectivity index (χ3v) is 3.53. The topological polar surface area (TPSA) is 84.1 Å². The number of aromatic amines is 1. The number of methoxy groups -OCH3 is 1. The monoisotopic (exact) mass is 327 g/mol. The van der Waals surface area contributed by atoms with Gasteiger partial charge >= 0.3 is 0 Å².